The van der Waals surface area contributed by atoms with Crippen LogP contribution in [0.4, 0.5) is 0 Å². The van der Waals surface area contributed by atoms with Gasteiger partial charge >= 0.3 is 0 Å². The summed E-state index contributed by atoms with van der Waals surface area (Å²) in [5.74, 6) is 1.09. The van der Waals surface area contributed by atoms with Gasteiger partial charge in [-0.25, -0.2) is 0 Å². The Balaban J connectivity index is 1.22. The Kier molecular flexibility index (Phi) is 25.2. The molecule has 0 bridgehead atoms. The van der Waals surface area contributed by atoms with Crippen molar-refractivity contribution < 1.29 is 24.1 Å². The molecule has 0 radical (unpaired) electrons. The number of rotatable bonds is 36. The van der Waals surface area contributed by atoms with Gasteiger partial charge in [-0.1, -0.05) is 206 Å². The highest BCUT2D eigenvalue weighted by atomic mass is 16.5. The number of furan rings is 1. The van der Waals surface area contributed by atoms with Gasteiger partial charge in [0.1, 0.15) is 11.2 Å². The van der Waals surface area contributed by atoms with Crippen LogP contribution >= 0.6 is 0 Å². The van der Waals surface area contributed by atoms with Gasteiger partial charge in [0.2, 0.25) is 0 Å². The number of ether oxygens (including phenoxy) is 2. The zero-order chi connectivity index (χ0) is 37.6. The fraction of sp³-hybridized carbons (Fsp3) is 0.750. The molecular formula is C48H80O5. The lowest BCUT2D eigenvalue weighted by Gasteiger charge is -2.08. The van der Waals surface area contributed by atoms with Crippen LogP contribution in [-0.4, -0.2) is 23.4 Å². The van der Waals surface area contributed by atoms with Gasteiger partial charge in [-0.05, 0) is 25.0 Å². The lowest BCUT2D eigenvalue weighted by molar-refractivity contribution is 0.288. The summed E-state index contributed by atoms with van der Waals surface area (Å²) in [6, 6.07) is 6.90. The van der Waals surface area contributed by atoms with Crippen LogP contribution in [0.1, 0.15) is 219 Å². The number of benzene rings is 2. The first-order valence-electron chi connectivity index (χ1n) is 22.8. The lowest BCUT2D eigenvalue weighted by atomic mass is 10.0. The van der Waals surface area contributed by atoms with Crippen molar-refractivity contribution in [3.05, 3.63) is 24.3 Å². The molecule has 2 aromatic carbocycles. The Morgan fingerprint density at radius 2 is 0.604 bits per heavy atom. The average molecular weight is 737 g/mol. The first-order chi connectivity index (χ1) is 26.1. The normalized spacial score (nSPS) is 11.7. The average Bonchev–Trinajstić information content (AvgIpc) is 3.49. The molecule has 0 fully saturated rings. The van der Waals surface area contributed by atoms with E-state index in [-0.39, 0.29) is 11.5 Å². The van der Waals surface area contributed by atoms with Crippen LogP contribution in [0.2, 0.25) is 0 Å². The number of hydrogen-bond acceptors (Lipinski definition) is 5. The second kappa shape index (κ2) is 29.8. The summed E-state index contributed by atoms with van der Waals surface area (Å²) in [6.07, 6.45) is 42.9. The minimum atomic E-state index is 0.0972. The van der Waals surface area contributed by atoms with Gasteiger partial charge in [-0.2, -0.15) is 0 Å². The van der Waals surface area contributed by atoms with E-state index in [1.807, 2.05) is 0 Å². The van der Waals surface area contributed by atoms with Gasteiger partial charge in [0.05, 0.1) is 13.2 Å². The van der Waals surface area contributed by atoms with Crippen LogP contribution in [0.15, 0.2) is 28.7 Å². The predicted molar refractivity (Wildman–Crippen MR) is 227 cm³/mol. The molecule has 0 spiro atoms. The third kappa shape index (κ3) is 19.6. The summed E-state index contributed by atoms with van der Waals surface area (Å²) < 4.78 is 18.1. The third-order valence-electron chi connectivity index (χ3n) is 11.1. The molecule has 2 N–H and O–H groups in total. The Bertz CT molecular complexity index is 1210. The Morgan fingerprint density at radius 3 is 0.868 bits per heavy atom. The first-order valence-corrected chi connectivity index (χ1v) is 22.8. The van der Waals surface area contributed by atoms with Crippen LogP contribution in [0, 0.1) is 0 Å². The maximum atomic E-state index is 10.7. The van der Waals surface area contributed by atoms with Crippen LogP contribution in [0.3, 0.4) is 0 Å². The zero-order valence-corrected chi connectivity index (χ0v) is 34.5. The largest absolute Gasteiger partial charge is 0.504 e. The molecule has 0 atom stereocenters. The lowest BCUT2D eigenvalue weighted by Crippen LogP contribution is -1.97. The molecule has 53 heavy (non-hydrogen) atoms. The Morgan fingerprint density at radius 1 is 0.358 bits per heavy atom. The maximum absolute atomic E-state index is 10.7. The number of aromatic hydroxyl groups is 2. The number of fused-ring (bicyclic) bond motifs is 3. The molecule has 0 aliphatic carbocycles. The summed E-state index contributed by atoms with van der Waals surface area (Å²) in [7, 11) is 0. The second-order valence-corrected chi connectivity index (χ2v) is 16.0. The highest BCUT2D eigenvalue weighted by Gasteiger charge is 2.16. The zero-order valence-electron chi connectivity index (χ0n) is 34.5. The maximum Gasteiger partial charge on any atom is 0.164 e. The van der Waals surface area contributed by atoms with E-state index in [9.17, 15) is 10.2 Å². The standard InChI is InChI=1S/C48H80O5/c1-3-5-7-9-11-13-15-17-19-21-23-25-27-29-31-33-35-51-47-39-45-41(37-43(47)49)42-38-44(50)48(40-46(42)53-45)52-36-34-32-30-28-26-24-22-20-18-16-14-12-10-8-6-4-2/h37-40,49-50H,3-36H2,1-2H3. The third-order valence-corrected chi connectivity index (χ3v) is 11.1. The molecule has 0 saturated carbocycles. The molecule has 1 heterocycles. The van der Waals surface area contributed by atoms with E-state index in [2.05, 4.69) is 13.8 Å². The monoisotopic (exact) mass is 737 g/mol. The molecule has 1 aromatic heterocycles. The van der Waals surface area contributed by atoms with Crippen molar-refractivity contribution in [3.63, 3.8) is 0 Å². The Hall–Kier alpha value is -2.56. The molecule has 0 amide bonds. The number of phenols is 2. The quantitative estimate of drug-likeness (QED) is 0.0582. The van der Waals surface area contributed by atoms with E-state index in [1.165, 1.54) is 180 Å². The van der Waals surface area contributed by atoms with E-state index < -0.39 is 0 Å². The van der Waals surface area contributed by atoms with Crippen molar-refractivity contribution >= 4 is 21.9 Å². The molecule has 3 aromatic rings. The van der Waals surface area contributed by atoms with Crippen LogP contribution in [0.5, 0.6) is 23.0 Å². The smallest absolute Gasteiger partial charge is 0.164 e. The van der Waals surface area contributed by atoms with Crippen molar-refractivity contribution in [3.8, 4) is 23.0 Å². The summed E-state index contributed by atoms with van der Waals surface area (Å²) in [4.78, 5) is 0. The minimum Gasteiger partial charge on any atom is -0.504 e. The van der Waals surface area contributed by atoms with Crippen LogP contribution < -0.4 is 9.47 Å². The van der Waals surface area contributed by atoms with E-state index in [0.29, 0.717) is 35.9 Å². The van der Waals surface area contributed by atoms with Gasteiger partial charge in [0.15, 0.2) is 23.0 Å². The van der Waals surface area contributed by atoms with E-state index in [0.717, 1.165) is 36.5 Å². The number of hydrogen-bond donors (Lipinski definition) is 2. The van der Waals surface area contributed by atoms with E-state index in [4.69, 9.17) is 13.9 Å². The fourth-order valence-corrected chi connectivity index (χ4v) is 7.70. The van der Waals surface area contributed by atoms with Crippen molar-refractivity contribution in [2.24, 2.45) is 0 Å². The summed E-state index contributed by atoms with van der Waals surface area (Å²) in [5.41, 5.74) is 1.27. The van der Waals surface area contributed by atoms with Gasteiger partial charge < -0.3 is 24.1 Å². The molecule has 0 aliphatic heterocycles. The molecular weight excluding hydrogens is 657 g/mol. The SMILES string of the molecule is CCCCCCCCCCCCCCCCCCOc1cc2oc3cc(OCCCCCCCCCCCCCCCCCC)c(O)cc3c2cc1O. The number of unbranched alkanes of at least 4 members (excludes halogenated alkanes) is 30. The van der Waals surface area contributed by atoms with Crippen molar-refractivity contribution in [1.29, 1.82) is 0 Å². The topological polar surface area (TPSA) is 72.1 Å². The second-order valence-electron chi connectivity index (χ2n) is 16.0. The summed E-state index contributed by atoms with van der Waals surface area (Å²) >= 11 is 0. The van der Waals surface area contributed by atoms with Gasteiger partial charge in [0, 0.05) is 22.9 Å². The number of phenolic OH excluding ortho intramolecular Hbond substituents is 2. The Labute approximate surface area is 325 Å². The van der Waals surface area contributed by atoms with Crippen LogP contribution in [0.25, 0.3) is 21.9 Å². The molecule has 5 nitrogen and oxygen atoms in total. The minimum absolute atomic E-state index is 0.0972. The van der Waals surface area contributed by atoms with Crippen molar-refractivity contribution in [2.75, 3.05) is 13.2 Å². The molecule has 0 unspecified atom stereocenters. The van der Waals surface area contributed by atoms with E-state index in [1.54, 1.807) is 24.3 Å². The van der Waals surface area contributed by atoms with Crippen molar-refractivity contribution in [1.82, 2.24) is 0 Å². The van der Waals surface area contributed by atoms with Crippen LogP contribution in [-0.2, 0) is 0 Å². The summed E-state index contributed by atoms with van der Waals surface area (Å²) in [6.45, 7) is 5.73. The summed E-state index contributed by atoms with van der Waals surface area (Å²) in [5, 5.41) is 22.9. The first kappa shape index (κ1) is 44.8. The molecule has 0 saturated heterocycles. The molecule has 302 valence electrons. The fourth-order valence-electron chi connectivity index (χ4n) is 7.70. The van der Waals surface area contributed by atoms with Gasteiger partial charge in [0.25, 0.3) is 0 Å². The molecule has 0 aliphatic rings. The van der Waals surface area contributed by atoms with E-state index >= 15 is 0 Å². The molecule has 3 rings (SSSR count). The predicted octanol–water partition coefficient (Wildman–Crippen LogP) is 16.3. The van der Waals surface area contributed by atoms with Gasteiger partial charge in [-0.15, -0.1) is 0 Å². The highest BCUT2D eigenvalue weighted by molar-refractivity contribution is 6.07. The highest BCUT2D eigenvalue weighted by Crippen LogP contribution is 2.41. The van der Waals surface area contributed by atoms with Crippen molar-refractivity contribution in [2.45, 2.75) is 219 Å². The van der Waals surface area contributed by atoms with Gasteiger partial charge in [-0.3, -0.25) is 0 Å². The molecule has 5 heteroatoms.